The largest absolute Gasteiger partial charge is 0.478 e. The summed E-state index contributed by atoms with van der Waals surface area (Å²) in [6.07, 6.45) is 5.64. The van der Waals surface area contributed by atoms with Crippen molar-refractivity contribution < 1.29 is 28.9 Å². The van der Waals surface area contributed by atoms with Crippen molar-refractivity contribution >= 4 is 60.7 Å². The molecule has 7 nitrogen and oxygen atoms in total. The molecule has 0 aliphatic carbocycles. The fourth-order valence-electron chi connectivity index (χ4n) is 8.81. The topological polar surface area (TPSA) is 94.1 Å². The molecule has 9 aromatic carbocycles. The third kappa shape index (κ3) is 8.48. The first kappa shape index (κ1) is 44.4. The average molecular weight is 884 g/mol. The summed E-state index contributed by atoms with van der Waals surface area (Å²) < 4.78 is 20.5. The monoisotopic (exact) mass is 883 g/mol. The summed E-state index contributed by atoms with van der Waals surface area (Å²) >= 11 is 0. The van der Waals surface area contributed by atoms with Crippen LogP contribution in [-0.2, 0) is 16.2 Å². The van der Waals surface area contributed by atoms with Gasteiger partial charge in [-0.15, -0.1) is 6.42 Å². The molecule has 0 unspecified atom stereocenters. The first-order valence-electron chi connectivity index (χ1n) is 22.5. The lowest BCUT2D eigenvalue weighted by Crippen LogP contribution is -2.15. The van der Waals surface area contributed by atoms with Crippen molar-refractivity contribution in [2.45, 2.75) is 78.6 Å². The summed E-state index contributed by atoms with van der Waals surface area (Å²) in [5, 5.41) is 19.4. The van der Waals surface area contributed by atoms with Gasteiger partial charge in [0.05, 0.1) is 11.1 Å². The highest BCUT2D eigenvalue weighted by Crippen LogP contribution is 2.52. The van der Waals surface area contributed by atoms with Gasteiger partial charge < -0.3 is 24.6 Å². The van der Waals surface area contributed by atoms with Gasteiger partial charge in [0.15, 0.2) is 0 Å². The number of terminal acetylenes is 1. The number of fused-ring (bicyclic) bond motifs is 2. The van der Waals surface area contributed by atoms with Gasteiger partial charge in [-0.3, -0.25) is 4.79 Å². The number of nitrogens with one attached hydrogen (secondary N) is 1. The summed E-state index contributed by atoms with van der Waals surface area (Å²) in [6, 6.07) is 43.9. The molecular formula is C60H53NO6. The number of benzene rings is 9. The van der Waals surface area contributed by atoms with Crippen molar-refractivity contribution in [1.29, 1.82) is 0 Å². The van der Waals surface area contributed by atoms with Crippen LogP contribution in [0.4, 0.5) is 5.69 Å². The van der Waals surface area contributed by atoms with Crippen molar-refractivity contribution in [3.8, 4) is 46.8 Å². The molecule has 1 amide bonds. The molecule has 67 heavy (non-hydrogen) atoms. The highest BCUT2D eigenvalue weighted by atomic mass is 16.5. The van der Waals surface area contributed by atoms with E-state index in [2.05, 4.69) is 85.7 Å². The highest BCUT2D eigenvalue weighted by Gasteiger charge is 2.30. The lowest BCUT2D eigenvalue weighted by molar-refractivity contribution is 0.0698. The Morgan fingerprint density at radius 2 is 0.910 bits per heavy atom. The molecule has 0 saturated heterocycles. The first-order valence-corrected chi connectivity index (χ1v) is 22.5. The summed E-state index contributed by atoms with van der Waals surface area (Å²) in [7, 11) is 0. The Morgan fingerprint density at radius 3 is 1.36 bits per heavy atom. The number of rotatable bonds is 9. The van der Waals surface area contributed by atoms with Crippen LogP contribution in [0.1, 0.15) is 105 Å². The molecule has 9 aromatic rings. The first-order chi connectivity index (χ1) is 31.8. The average Bonchev–Trinajstić information content (AvgIpc) is 3.28. The second-order valence-corrected chi connectivity index (χ2v) is 20.3. The van der Waals surface area contributed by atoms with Crippen molar-refractivity contribution in [3.63, 3.8) is 0 Å². The Labute approximate surface area is 391 Å². The molecule has 9 rings (SSSR count). The lowest BCUT2D eigenvalue weighted by atomic mass is 9.85. The number of ether oxygens (including phenoxy) is 3. The number of carbonyl (C=O) groups is 2. The number of carboxylic acids is 1. The Hall–Kier alpha value is -7.82. The number of carboxylic acid groups (broad SMARTS) is 1. The van der Waals surface area contributed by atoms with E-state index in [1.165, 1.54) is 11.6 Å². The summed E-state index contributed by atoms with van der Waals surface area (Å²) in [5.74, 6) is 3.90. The van der Waals surface area contributed by atoms with Crippen LogP contribution >= 0.6 is 0 Å². The molecule has 0 heterocycles. The van der Waals surface area contributed by atoms with Gasteiger partial charge in [-0.25, -0.2) is 4.79 Å². The van der Waals surface area contributed by atoms with Crippen molar-refractivity contribution in [1.82, 2.24) is 0 Å². The minimum Gasteiger partial charge on any atom is -0.478 e. The molecule has 7 heteroatoms. The zero-order valence-corrected chi connectivity index (χ0v) is 39.3. The fourth-order valence-corrected chi connectivity index (χ4v) is 8.81. The van der Waals surface area contributed by atoms with Gasteiger partial charge in [0.2, 0.25) is 0 Å². The Balaban J connectivity index is 1.37. The van der Waals surface area contributed by atoms with Gasteiger partial charge >= 0.3 is 5.97 Å². The number of aromatic carboxylic acids is 1. The van der Waals surface area contributed by atoms with E-state index in [9.17, 15) is 14.7 Å². The number of carbonyl (C=O) groups excluding carboxylic acids is 1. The second kappa shape index (κ2) is 16.6. The molecule has 0 saturated carbocycles. The van der Waals surface area contributed by atoms with Crippen LogP contribution in [0.25, 0.3) is 43.1 Å². The van der Waals surface area contributed by atoms with E-state index < -0.39 is 11.9 Å². The Bertz CT molecular complexity index is 3390. The molecule has 0 aliphatic heterocycles. The molecule has 2 N–H and O–H groups in total. The van der Waals surface area contributed by atoms with E-state index in [0.29, 0.717) is 61.9 Å². The van der Waals surface area contributed by atoms with E-state index in [1.54, 1.807) is 30.3 Å². The van der Waals surface area contributed by atoms with E-state index in [0.717, 1.165) is 32.7 Å². The van der Waals surface area contributed by atoms with E-state index in [-0.39, 0.29) is 32.8 Å². The van der Waals surface area contributed by atoms with Gasteiger partial charge in [0.1, 0.15) is 34.5 Å². The molecule has 0 aromatic heterocycles. The third-order valence-electron chi connectivity index (χ3n) is 12.5. The smallest absolute Gasteiger partial charge is 0.336 e. The van der Waals surface area contributed by atoms with Gasteiger partial charge in [-0.05, 0) is 129 Å². The Morgan fingerprint density at radius 1 is 0.478 bits per heavy atom. The van der Waals surface area contributed by atoms with Crippen LogP contribution in [0.15, 0.2) is 140 Å². The zero-order chi connectivity index (χ0) is 47.6. The molecule has 0 bridgehead atoms. The molecule has 0 spiro atoms. The summed E-state index contributed by atoms with van der Waals surface area (Å²) in [5.41, 5.74) is 4.35. The van der Waals surface area contributed by atoms with Crippen LogP contribution in [0.3, 0.4) is 0 Å². The highest BCUT2D eigenvalue weighted by molar-refractivity contribution is 6.39. The van der Waals surface area contributed by atoms with Gasteiger partial charge in [0.25, 0.3) is 5.91 Å². The summed E-state index contributed by atoms with van der Waals surface area (Å²) in [6.45, 7) is 19.4. The predicted octanol–water partition coefficient (Wildman–Crippen LogP) is 15.9. The van der Waals surface area contributed by atoms with Crippen LogP contribution in [0.5, 0.6) is 34.5 Å². The number of hydrogen-bond acceptors (Lipinski definition) is 5. The molecule has 334 valence electrons. The molecule has 0 atom stereocenters. The van der Waals surface area contributed by atoms with E-state index >= 15 is 0 Å². The maximum Gasteiger partial charge on any atom is 0.336 e. The minimum atomic E-state index is -1.23. The summed E-state index contributed by atoms with van der Waals surface area (Å²) in [4.78, 5) is 28.5. The SMILES string of the molecule is C#Cc1ccc(NC(=O)c2cc(Oc3ccc(C(C)(C)C)cc3)c3c4cccc5c(Oc6ccc(C(C)(C)C)cc6)ccc(c6c(Oc7ccc(C(C)(C)C)cc7)cc(C(=O)O)c2c63)c54)cc1. The van der Waals surface area contributed by atoms with Crippen molar-refractivity contribution in [3.05, 3.63) is 173 Å². The molecule has 0 aliphatic rings. The van der Waals surface area contributed by atoms with Crippen molar-refractivity contribution in [2.75, 3.05) is 5.32 Å². The van der Waals surface area contributed by atoms with Crippen LogP contribution in [-0.4, -0.2) is 17.0 Å². The Kier molecular flexibility index (Phi) is 11.0. The number of hydrogen-bond donors (Lipinski definition) is 2. The quantitative estimate of drug-likeness (QED) is 0.0852. The number of anilines is 1. The molecule has 0 fully saturated rings. The standard InChI is InChI=1S/C60H53NO6/c1-11-35-15-23-39(24-16-35)61-56(62)46-33-49(66-41-27-19-37(20-28-41)59(5,6)7)53-44-14-12-13-43-48(65-40-25-17-36(18-26-40)58(2,3)4)32-31-45(51(43)44)54-50(34-47(57(63)64)52(46)55(53)54)67-42-29-21-38(22-30-42)60(8,9)10/h1,12-34H,2-10H3,(H,61,62)(H,63,64). The van der Waals surface area contributed by atoms with Crippen LogP contribution in [0, 0.1) is 12.3 Å². The van der Waals surface area contributed by atoms with E-state index in [4.69, 9.17) is 20.6 Å². The maximum absolute atomic E-state index is 14.8. The van der Waals surface area contributed by atoms with Crippen LogP contribution in [0.2, 0.25) is 0 Å². The third-order valence-corrected chi connectivity index (χ3v) is 12.5. The lowest BCUT2D eigenvalue weighted by Gasteiger charge is -2.24. The van der Waals surface area contributed by atoms with E-state index in [1.807, 2.05) is 91.0 Å². The molecular weight excluding hydrogens is 831 g/mol. The van der Waals surface area contributed by atoms with Crippen LogP contribution < -0.4 is 19.5 Å². The van der Waals surface area contributed by atoms with Gasteiger partial charge in [-0.1, -0.05) is 123 Å². The maximum atomic E-state index is 14.8. The van der Waals surface area contributed by atoms with Gasteiger partial charge in [0, 0.05) is 43.6 Å². The number of amides is 1. The predicted molar refractivity (Wildman–Crippen MR) is 273 cm³/mol. The second-order valence-electron chi connectivity index (χ2n) is 20.3. The zero-order valence-electron chi connectivity index (χ0n) is 39.3. The molecule has 0 radical (unpaired) electrons. The van der Waals surface area contributed by atoms with Crippen molar-refractivity contribution in [2.24, 2.45) is 0 Å². The normalized spacial score (nSPS) is 12.1. The minimum absolute atomic E-state index is 0.0230. The fraction of sp³-hybridized carbons (Fsp3) is 0.200. The van der Waals surface area contributed by atoms with Gasteiger partial charge in [-0.2, -0.15) is 0 Å².